The van der Waals surface area contributed by atoms with Crippen LogP contribution < -0.4 is 4.74 Å². The van der Waals surface area contributed by atoms with Gasteiger partial charge in [-0.1, -0.05) is 0 Å². The summed E-state index contributed by atoms with van der Waals surface area (Å²) in [7, 11) is 1.57. The van der Waals surface area contributed by atoms with Crippen LogP contribution >= 0.6 is 0 Å². The highest BCUT2D eigenvalue weighted by Gasteiger charge is 2.29. The van der Waals surface area contributed by atoms with Gasteiger partial charge in [0.2, 0.25) is 5.88 Å². The zero-order valence-electron chi connectivity index (χ0n) is 12.0. The van der Waals surface area contributed by atoms with Crippen LogP contribution in [0.4, 0.5) is 0 Å². The molecule has 3 aromatic rings. The third-order valence-corrected chi connectivity index (χ3v) is 3.83. The molecule has 1 fully saturated rings. The van der Waals surface area contributed by atoms with E-state index in [1.165, 1.54) is 0 Å². The molecule has 6 heteroatoms. The number of aromatic nitrogens is 4. The van der Waals surface area contributed by atoms with Crippen molar-refractivity contribution in [3.63, 3.8) is 0 Å². The molecule has 0 radical (unpaired) electrons. The number of nitriles is 1. The van der Waals surface area contributed by atoms with Gasteiger partial charge < -0.3 is 9.30 Å². The van der Waals surface area contributed by atoms with E-state index in [1.807, 2.05) is 18.2 Å². The van der Waals surface area contributed by atoms with E-state index in [9.17, 15) is 0 Å². The maximum absolute atomic E-state index is 9.12. The van der Waals surface area contributed by atoms with Gasteiger partial charge in [-0.05, 0) is 31.0 Å². The summed E-state index contributed by atoms with van der Waals surface area (Å²) in [5.41, 5.74) is 3.39. The maximum Gasteiger partial charge on any atom is 0.233 e. The average molecular weight is 291 g/mol. The van der Waals surface area contributed by atoms with Gasteiger partial charge in [0, 0.05) is 17.7 Å². The first-order valence-electron chi connectivity index (χ1n) is 7.09. The first kappa shape index (κ1) is 12.8. The molecule has 0 spiro atoms. The van der Waals surface area contributed by atoms with Gasteiger partial charge in [-0.25, -0.2) is 4.98 Å². The predicted octanol–water partition coefficient (Wildman–Crippen LogP) is 2.71. The van der Waals surface area contributed by atoms with E-state index in [4.69, 9.17) is 15.0 Å². The van der Waals surface area contributed by atoms with Gasteiger partial charge in [0.15, 0.2) is 0 Å². The summed E-state index contributed by atoms with van der Waals surface area (Å²) < 4.78 is 7.35. The molecule has 1 aliphatic carbocycles. The van der Waals surface area contributed by atoms with Crippen LogP contribution in [0.3, 0.4) is 0 Å². The van der Waals surface area contributed by atoms with Crippen molar-refractivity contribution in [2.24, 2.45) is 0 Å². The van der Waals surface area contributed by atoms with Gasteiger partial charge in [-0.15, -0.1) is 5.10 Å². The van der Waals surface area contributed by atoms with E-state index >= 15 is 0 Å². The second-order valence-corrected chi connectivity index (χ2v) is 5.34. The van der Waals surface area contributed by atoms with Crippen LogP contribution in [-0.2, 0) is 0 Å². The summed E-state index contributed by atoms with van der Waals surface area (Å²) in [4.78, 5) is 4.73. The third kappa shape index (κ3) is 1.99. The van der Waals surface area contributed by atoms with E-state index in [-0.39, 0.29) is 0 Å². The lowest BCUT2D eigenvalue weighted by Crippen LogP contribution is -1.99. The second-order valence-electron chi connectivity index (χ2n) is 5.34. The van der Waals surface area contributed by atoms with Crippen LogP contribution in [0.1, 0.15) is 24.4 Å². The molecule has 0 saturated heterocycles. The Morgan fingerprint density at radius 2 is 2.18 bits per heavy atom. The fourth-order valence-electron chi connectivity index (χ4n) is 2.64. The summed E-state index contributed by atoms with van der Waals surface area (Å²) in [5.74, 6) is 1.31. The van der Waals surface area contributed by atoms with Gasteiger partial charge in [0.1, 0.15) is 5.82 Å². The molecular weight excluding hydrogens is 278 g/mol. The second kappa shape index (κ2) is 4.81. The van der Waals surface area contributed by atoms with E-state index in [2.05, 4.69) is 20.8 Å². The normalized spacial score (nSPS) is 14.0. The van der Waals surface area contributed by atoms with Crippen LogP contribution in [0.25, 0.3) is 22.4 Å². The van der Waals surface area contributed by atoms with Crippen molar-refractivity contribution in [3.8, 4) is 23.3 Å². The zero-order valence-corrected chi connectivity index (χ0v) is 12.0. The van der Waals surface area contributed by atoms with Crippen molar-refractivity contribution in [2.45, 2.75) is 18.9 Å². The first-order chi connectivity index (χ1) is 10.8. The Morgan fingerprint density at radius 3 is 2.91 bits per heavy atom. The number of imidazole rings is 1. The monoisotopic (exact) mass is 291 g/mol. The lowest BCUT2D eigenvalue weighted by molar-refractivity contribution is 0.392. The molecule has 0 N–H and O–H groups in total. The number of ether oxygens (including phenoxy) is 1. The molecule has 0 amide bonds. The lowest BCUT2D eigenvalue weighted by atomic mass is 10.2. The van der Waals surface area contributed by atoms with Crippen LogP contribution in [0.5, 0.6) is 5.88 Å². The minimum Gasteiger partial charge on any atom is -0.480 e. The Bertz CT molecular complexity index is 905. The third-order valence-electron chi connectivity index (χ3n) is 3.83. The quantitative estimate of drug-likeness (QED) is 0.741. The molecule has 1 aliphatic rings. The van der Waals surface area contributed by atoms with Crippen molar-refractivity contribution in [1.29, 1.82) is 5.26 Å². The van der Waals surface area contributed by atoms with Gasteiger partial charge in [-0.3, -0.25) is 0 Å². The van der Waals surface area contributed by atoms with Crippen LogP contribution in [0, 0.1) is 11.3 Å². The molecule has 0 aliphatic heterocycles. The van der Waals surface area contributed by atoms with Crippen molar-refractivity contribution >= 4 is 11.0 Å². The van der Waals surface area contributed by atoms with E-state index < -0.39 is 0 Å². The number of nitrogens with zero attached hydrogens (tertiary/aromatic N) is 5. The highest BCUT2D eigenvalue weighted by Crippen LogP contribution is 2.41. The molecular formula is C16H13N5O. The van der Waals surface area contributed by atoms with E-state index in [1.54, 1.807) is 19.4 Å². The summed E-state index contributed by atoms with van der Waals surface area (Å²) >= 11 is 0. The van der Waals surface area contributed by atoms with Gasteiger partial charge in [0.25, 0.3) is 0 Å². The standard InChI is InChI=1S/C16H13N5O/c1-22-15-7-11(9-18-20-15)16-19-13-5-2-10(8-17)6-14(13)21(16)12-3-4-12/h2,5-7,9,12H,3-4H2,1H3. The number of fused-ring (bicyclic) bond motifs is 1. The number of benzene rings is 1. The first-order valence-corrected chi connectivity index (χ1v) is 7.09. The van der Waals surface area contributed by atoms with Crippen LogP contribution in [-0.4, -0.2) is 26.9 Å². The molecule has 1 aromatic carbocycles. The number of methoxy groups -OCH3 is 1. The molecule has 22 heavy (non-hydrogen) atoms. The highest BCUT2D eigenvalue weighted by atomic mass is 16.5. The van der Waals surface area contributed by atoms with E-state index in [0.29, 0.717) is 17.5 Å². The molecule has 108 valence electrons. The van der Waals surface area contributed by atoms with Gasteiger partial charge >= 0.3 is 0 Å². The van der Waals surface area contributed by atoms with Gasteiger partial charge in [-0.2, -0.15) is 10.4 Å². The molecule has 0 atom stereocenters. The topological polar surface area (TPSA) is 76.6 Å². The summed E-state index contributed by atoms with van der Waals surface area (Å²) in [6.07, 6.45) is 3.95. The lowest BCUT2D eigenvalue weighted by Gasteiger charge is -2.08. The predicted molar refractivity (Wildman–Crippen MR) is 80.3 cm³/mol. The fourth-order valence-corrected chi connectivity index (χ4v) is 2.64. The van der Waals surface area contributed by atoms with E-state index in [0.717, 1.165) is 35.3 Å². The molecule has 1 saturated carbocycles. The summed E-state index contributed by atoms with van der Waals surface area (Å²) in [6.45, 7) is 0. The van der Waals surface area contributed by atoms with Crippen LogP contribution in [0.2, 0.25) is 0 Å². The minimum atomic E-state index is 0.438. The molecule has 6 nitrogen and oxygen atoms in total. The number of rotatable bonds is 3. The molecule has 4 rings (SSSR count). The smallest absolute Gasteiger partial charge is 0.233 e. The van der Waals surface area contributed by atoms with Crippen molar-refractivity contribution in [3.05, 3.63) is 36.0 Å². The Kier molecular flexibility index (Phi) is 2.79. The largest absolute Gasteiger partial charge is 0.480 e. The van der Waals surface area contributed by atoms with Gasteiger partial charge in [0.05, 0.1) is 36.0 Å². The molecule has 2 heterocycles. The molecule has 0 bridgehead atoms. The molecule has 0 unspecified atom stereocenters. The minimum absolute atomic E-state index is 0.438. The Labute approximate surface area is 127 Å². The van der Waals surface area contributed by atoms with Crippen molar-refractivity contribution in [2.75, 3.05) is 7.11 Å². The SMILES string of the molecule is COc1cc(-c2nc3ccc(C#N)cc3n2C2CC2)cnn1. The highest BCUT2D eigenvalue weighted by molar-refractivity contribution is 5.82. The summed E-state index contributed by atoms with van der Waals surface area (Å²) in [6, 6.07) is 10.0. The Hall–Kier alpha value is -2.94. The zero-order chi connectivity index (χ0) is 15.1. The average Bonchev–Trinajstić information content (AvgIpc) is 3.34. The number of hydrogen-bond acceptors (Lipinski definition) is 5. The van der Waals surface area contributed by atoms with Crippen molar-refractivity contribution in [1.82, 2.24) is 19.7 Å². The van der Waals surface area contributed by atoms with Crippen molar-refractivity contribution < 1.29 is 4.74 Å². The molecule has 2 aromatic heterocycles. The fraction of sp³-hybridized carbons (Fsp3) is 0.250. The Balaban J connectivity index is 1.97. The summed E-state index contributed by atoms with van der Waals surface area (Å²) in [5, 5.41) is 17.0. The maximum atomic E-state index is 9.12. The van der Waals surface area contributed by atoms with Crippen LogP contribution in [0.15, 0.2) is 30.5 Å². The number of hydrogen-bond donors (Lipinski definition) is 0. The Morgan fingerprint density at radius 1 is 1.32 bits per heavy atom.